The van der Waals surface area contributed by atoms with Crippen LogP contribution in [0.4, 0.5) is 0 Å². The number of nitrogens with zero attached hydrogens (tertiary/aromatic N) is 2. The van der Waals surface area contributed by atoms with Crippen LogP contribution < -0.4 is 10.1 Å². The molecule has 0 amide bonds. The summed E-state index contributed by atoms with van der Waals surface area (Å²) in [6.07, 6.45) is 3.49. The third-order valence-electron chi connectivity index (χ3n) is 4.22. The van der Waals surface area contributed by atoms with Crippen molar-refractivity contribution in [1.29, 1.82) is 0 Å². The number of likely N-dealkylation sites (N-methyl/N-ethyl adjacent to an activating group) is 1. The second-order valence-corrected chi connectivity index (χ2v) is 6.34. The van der Waals surface area contributed by atoms with Crippen molar-refractivity contribution in [2.24, 2.45) is 0 Å². The fourth-order valence-corrected chi connectivity index (χ4v) is 2.79. The number of pyridine rings is 1. The predicted octanol–water partition coefficient (Wildman–Crippen LogP) is 3.65. The maximum atomic E-state index is 5.97. The highest BCUT2D eigenvalue weighted by Crippen LogP contribution is 2.21. The van der Waals surface area contributed by atoms with Gasteiger partial charge in [0.1, 0.15) is 18.1 Å². The van der Waals surface area contributed by atoms with E-state index in [0.717, 1.165) is 35.9 Å². The van der Waals surface area contributed by atoms with Gasteiger partial charge < -0.3 is 14.5 Å². The zero-order valence-electron chi connectivity index (χ0n) is 15.3. The van der Waals surface area contributed by atoms with Gasteiger partial charge in [0, 0.05) is 24.8 Å². The number of hydrogen-bond donors (Lipinski definition) is 1. The lowest BCUT2D eigenvalue weighted by Crippen LogP contribution is -2.30. The molecule has 1 atom stereocenters. The molecule has 0 saturated heterocycles. The highest BCUT2D eigenvalue weighted by atomic mass is 16.5. The van der Waals surface area contributed by atoms with Gasteiger partial charge in [0.05, 0.1) is 18.0 Å². The van der Waals surface area contributed by atoms with Crippen molar-refractivity contribution in [2.75, 3.05) is 20.6 Å². The number of nitrogens with one attached hydrogen (secondary N) is 1. The minimum Gasteiger partial charge on any atom is -0.487 e. The lowest BCUT2D eigenvalue weighted by molar-refractivity contribution is 0.249. The molecule has 26 heavy (non-hydrogen) atoms. The molecular weight excluding hydrogens is 326 g/mol. The van der Waals surface area contributed by atoms with Crippen molar-refractivity contribution >= 4 is 0 Å². The largest absolute Gasteiger partial charge is 0.487 e. The zero-order chi connectivity index (χ0) is 18.2. The first kappa shape index (κ1) is 18.2. The number of furan rings is 1. The molecule has 5 nitrogen and oxygen atoms in total. The van der Waals surface area contributed by atoms with E-state index >= 15 is 0 Å². The van der Waals surface area contributed by atoms with Gasteiger partial charge in [-0.15, -0.1) is 0 Å². The van der Waals surface area contributed by atoms with Crippen molar-refractivity contribution in [2.45, 2.75) is 19.2 Å². The van der Waals surface area contributed by atoms with Crippen LogP contribution >= 0.6 is 0 Å². The normalized spacial score (nSPS) is 12.3. The molecule has 0 radical (unpaired) electrons. The van der Waals surface area contributed by atoms with Gasteiger partial charge >= 0.3 is 0 Å². The lowest BCUT2D eigenvalue weighted by atomic mass is 10.1. The summed E-state index contributed by atoms with van der Waals surface area (Å²) in [4.78, 5) is 6.45. The standard InChI is InChI=1S/C21H25N3O2/c1-24(2)19(21-11-7-13-25-21)15-22-14-17-8-3-4-10-20(17)26-16-18-9-5-6-12-23-18/h3-13,19,22H,14-16H2,1-2H3. The van der Waals surface area contributed by atoms with Gasteiger partial charge in [-0.3, -0.25) is 9.88 Å². The van der Waals surface area contributed by atoms with Crippen LogP contribution in [0.25, 0.3) is 0 Å². The van der Waals surface area contributed by atoms with E-state index in [2.05, 4.69) is 35.4 Å². The fourth-order valence-electron chi connectivity index (χ4n) is 2.79. The molecular formula is C21H25N3O2. The maximum Gasteiger partial charge on any atom is 0.130 e. The van der Waals surface area contributed by atoms with Gasteiger partial charge in [0.25, 0.3) is 0 Å². The Morgan fingerprint density at radius 1 is 1.08 bits per heavy atom. The summed E-state index contributed by atoms with van der Waals surface area (Å²) < 4.78 is 11.5. The van der Waals surface area contributed by atoms with Crippen LogP contribution in [-0.4, -0.2) is 30.5 Å². The highest BCUT2D eigenvalue weighted by molar-refractivity contribution is 5.33. The SMILES string of the molecule is CN(C)C(CNCc1ccccc1OCc1ccccn1)c1ccco1. The molecule has 0 spiro atoms. The Labute approximate surface area is 154 Å². The number of para-hydroxylation sites is 1. The van der Waals surface area contributed by atoms with Gasteiger partial charge in [-0.25, -0.2) is 0 Å². The summed E-state index contributed by atoms with van der Waals surface area (Å²) >= 11 is 0. The van der Waals surface area contributed by atoms with E-state index in [9.17, 15) is 0 Å². The molecule has 3 aromatic rings. The number of ether oxygens (including phenoxy) is 1. The second-order valence-electron chi connectivity index (χ2n) is 6.34. The summed E-state index contributed by atoms with van der Waals surface area (Å²) in [5, 5.41) is 3.51. The quantitative estimate of drug-likeness (QED) is 0.638. The Balaban J connectivity index is 1.58. The van der Waals surface area contributed by atoms with E-state index in [1.54, 1.807) is 12.5 Å². The maximum absolute atomic E-state index is 5.97. The molecule has 5 heteroatoms. The molecule has 136 valence electrons. The van der Waals surface area contributed by atoms with Gasteiger partial charge in [-0.05, 0) is 44.4 Å². The summed E-state index contributed by atoms with van der Waals surface area (Å²) in [5.41, 5.74) is 2.04. The van der Waals surface area contributed by atoms with Gasteiger partial charge in [-0.2, -0.15) is 0 Å². The monoisotopic (exact) mass is 351 g/mol. The minimum atomic E-state index is 0.187. The van der Waals surface area contributed by atoms with Crippen molar-refractivity contribution in [3.05, 3.63) is 84.1 Å². The summed E-state index contributed by atoms with van der Waals surface area (Å²) in [7, 11) is 4.11. The molecule has 0 fully saturated rings. The Kier molecular flexibility index (Phi) is 6.41. The summed E-state index contributed by atoms with van der Waals surface area (Å²) in [5.74, 6) is 1.84. The van der Waals surface area contributed by atoms with Crippen molar-refractivity contribution < 1.29 is 9.15 Å². The Morgan fingerprint density at radius 3 is 2.65 bits per heavy atom. The Hall–Kier alpha value is -2.63. The summed E-state index contributed by atoms with van der Waals surface area (Å²) in [6.45, 7) is 1.98. The van der Waals surface area contributed by atoms with Crippen LogP contribution in [0.1, 0.15) is 23.1 Å². The van der Waals surface area contributed by atoms with Gasteiger partial charge in [-0.1, -0.05) is 24.3 Å². The number of aromatic nitrogens is 1. The van der Waals surface area contributed by atoms with Crippen LogP contribution in [-0.2, 0) is 13.2 Å². The molecule has 1 unspecified atom stereocenters. The second kappa shape index (κ2) is 9.17. The number of rotatable bonds is 9. The third kappa shape index (κ3) is 4.94. The molecule has 0 aliphatic rings. The first-order valence-electron chi connectivity index (χ1n) is 8.75. The molecule has 0 bridgehead atoms. The van der Waals surface area contributed by atoms with E-state index in [-0.39, 0.29) is 6.04 Å². The van der Waals surface area contributed by atoms with Crippen LogP contribution in [0.2, 0.25) is 0 Å². The molecule has 2 aromatic heterocycles. The summed E-state index contributed by atoms with van der Waals surface area (Å²) in [6, 6.07) is 18.1. The fraction of sp³-hybridized carbons (Fsp3) is 0.286. The smallest absolute Gasteiger partial charge is 0.130 e. The van der Waals surface area contributed by atoms with Gasteiger partial charge in [0.15, 0.2) is 0 Å². The zero-order valence-corrected chi connectivity index (χ0v) is 15.3. The van der Waals surface area contributed by atoms with Crippen LogP contribution in [0, 0.1) is 0 Å². The first-order valence-corrected chi connectivity index (χ1v) is 8.75. The van der Waals surface area contributed by atoms with E-state index in [0.29, 0.717) is 6.61 Å². The van der Waals surface area contributed by atoms with Crippen LogP contribution in [0.3, 0.4) is 0 Å². The van der Waals surface area contributed by atoms with E-state index < -0.39 is 0 Å². The van der Waals surface area contributed by atoms with E-state index in [4.69, 9.17) is 9.15 Å². The van der Waals surface area contributed by atoms with E-state index in [1.165, 1.54) is 0 Å². The van der Waals surface area contributed by atoms with E-state index in [1.807, 2.05) is 48.5 Å². The topological polar surface area (TPSA) is 50.5 Å². The highest BCUT2D eigenvalue weighted by Gasteiger charge is 2.16. The first-order chi connectivity index (χ1) is 12.7. The molecule has 2 heterocycles. The lowest BCUT2D eigenvalue weighted by Gasteiger charge is -2.23. The molecule has 0 aliphatic heterocycles. The van der Waals surface area contributed by atoms with Gasteiger partial charge in [0.2, 0.25) is 0 Å². The molecule has 3 rings (SSSR count). The Morgan fingerprint density at radius 2 is 1.92 bits per heavy atom. The molecule has 1 aromatic carbocycles. The predicted molar refractivity (Wildman–Crippen MR) is 102 cm³/mol. The average molecular weight is 351 g/mol. The average Bonchev–Trinajstić information content (AvgIpc) is 3.19. The number of benzene rings is 1. The van der Waals surface area contributed by atoms with Crippen LogP contribution in [0.15, 0.2) is 71.5 Å². The Bertz CT molecular complexity index is 773. The third-order valence-corrected chi connectivity index (χ3v) is 4.22. The molecule has 0 aliphatic carbocycles. The molecule has 0 saturated carbocycles. The minimum absolute atomic E-state index is 0.187. The van der Waals surface area contributed by atoms with Crippen molar-refractivity contribution in [1.82, 2.24) is 15.2 Å². The van der Waals surface area contributed by atoms with Crippen LogP contribution in [0.5, 0.6) is 5.75 Å². The molecule has 1 N–H and O–H groups in total. The van der Waals surface area contributed by atoms with Crippen molar-refractivity contribution in [3.8, 4) is 5.75 Å². The number of hydrogen-bond acceptors (Lipinski definition) is 5. The van der Waals surface area contributed by atoms with Crippen molar-refractivity contribution in [3.63, 3.8) is 0 Å².